The third-order valence-electron chi connectivity index (χ3n) is 7.23. The van der Waals surface area contributed by atoms with Crippen molar-refractivity contribution in [2.24, 2.45) is 15.0 Å². The van der Waals surface area contributed by atoms with Gasteiger partial charge in [-0.25, -0.2) is 9.38 Å². The first kappa shape index (κ1) is 30.3. The highest BCUT2D eigenvalue weighted by atomic mass is 32.1. The van der Waals surface area contributed by atoms with Gasteiger partial charge >= 0.3 is 0 Å². The Labute approximate surface area is 245 Å². The summed E-state index contributed by atoms with van der Waals surface area (Å²) in [6, 6.07) is 9.33. The summed E-state index contributed by atoms with van der Waals surface area (Å²) in [5.41, 5.74) is 1.85. The van der Waals surface area contributed by atoms with Gasteiger partial charge in [0.1, 0.15) is 19.0 Å². The Hall–Kier alpha value is -3.64. The zero-order valence-electron chi connectivity index (χ0n) is 24.3. The van der Waals surface area contributed by atoms with Crippen molar-refractivity contribution < 1.29 is 9.18 Å². The van der Waals surface area contributed by atoms with Crippen LogP contribution in [0.3, 0.4) is 0 Å². The summed E-state index contributed by atoms with van der Waals surface area (Å²) in [5.74, 6) is 0.805. The lowest BCUT2D eigenvalue weighted by molar-refractivity contribution is -0.127. The van der Waals surface area contributed by atoms with E-state index in [9.17, 15) is 9.18 Å². The molecule has 0 saturated carbocycles. The summed E-state index contributed by atoms with van der Waals surface area (Å²) in [4.78, 5) is 36.3. The number of halogens is 1. The van der Waals surface area contributed by atoms with Crippen molar-refractivity contribution in [3.05, 3.63) is 52.0 Å². The molecule has 2 aliphatic heterocycles. The van der Waals surface area contributed by atoms with Gasteiger partial charge in [-0.1, -0.05) is 18.2 Å². The van der Waals surface area contributed by atoms with Gasteiger partial charge in [-0.3, -0.25) is 19.7 Å². The number of fused-ring (bicyclic) bond motifs is 1. The van der Waals surface area contributed by atoms with Crippen LogP contribution in [-0.4, -0.2) is 109 Å². The number of nitrogens with zero attached hydrogens (tertiary/aromatic N) is 7. The minimum absolute atomic E-state index is 0.0182. The minimum Gasteiger partial charge on any atom is -0.346 e. The topological polar surface area (TPSA) is 103 Å². The van der Waals surface area contributed by atoms with Gasteiger partial charge in [-0.15, -0.1) is 11.3 Å². The monoisotopic (exact) mass is 581 g/mol. The van der Waals surface area contributed by atoms with Gasteiger partial charge in [0.15, 0.2) is 5.96 Å². The van der Waals surface area contributed by atoms with Crippen molar-refractivity contribution in [3.63, 3.8) is 0 Å². The van der Waals surface area contributed by atoms with Crippen LogP contribution in [0.15, 0.2) is 50.7 Å². The molecule has 3 heterocycles. The van der Waals surface area contributed by atoms with Crippen molar-refractivity contribution in [3.8, 4) is 0 Å². The van der Waals surface area contributed by atoms with Gasteiger partial charge in [-0.05, 0) is 51.2 Å². The molecule has 220 valence electrons. The summed E-state index contributed by atoms with van der Waals surface area (Å²) in [6.07, 6.45) is 3.64. The van der Waals surface area contributed by atoms with Gasteiger partial charge < -0.3 is 25.4 Å². The number of carbonyl (C=O) groups excluding carboxylic acids is 1. The number of amides is 1. The van der Waals surface area contributed by atoms with E-state index in [1.807, 2.05) is 48.2 Å². The molecule has 0 spiro atoms. The Balaban J connectivity index is 1.60. The molecular formula is C29H40FN9OS. The van der Waals surface area contributed by atoms with Crippen LogP contribution in [0.5, 0.6) is 0 Å². The SMILES string of the molecule is CNC(C)CCCN(C)/C1=N/CN2CCN=C2N(CC=Nc2ccccc2C(C)=N)C(=O)CN1Cc1sccc1F. The number of aliphatic imine (C=N–C) groups is 3. The number of guanidine groups is 2. The summed E-state index contributed by atoms with van der Waals surface area (Å²) in [7, 11) is 3.94. The number of hydrogen-bond donors (Lipinski definition) is 2. The van der Waals surface area contributed by atoms with Crippen LogP contribution in [-0.2, 0) is 11.3 Å². The third kappa shape index (κ3) is 7.76. The molecule has 2 aromatic rings. The predicted molar refractivity (Wildman–Crippen MR) is 165 cm³/mol. The maximum atomic E-state index is 14.6. The number of benzene rings is 1. The van der Waals surface area contributed by atoms with Gasteiger partial charge in [0.05, 0.1) is 30.2 Å². The molecule has 12 heteroatoms. The van der Waals surface area contributed by atoms with Crippen molar-refractivity contribution in [1.82, 2.24) is 24.9 Å². The van der Waals surface area contributed by atoms with E-state index in [-0.39, 0.29) is 31.4 Å². The van der Waals surface area contributed by atoms with E-state index in [1.165, 1.54) is 17.4 Å². The second-order valence-electron chi connectivity index (χ2n) is 10.3. The standard InChI is InChI=1S/C29H40FN9OS/c1-21(32-3)8-7-14-36(4)28-35-20-37-15-12-34-29(37)39(16-13-33-25-10-6-5-9-23(25)22(2)31)27(40)19-38(28)18-26-24(30)11-17-41-26/h5-6,9-11,13,17,21,31-32H,7-8,12,14-16,18-20H2,1-4H3/b31-22?,33-13?,35-28-. The molecule has 0 saturated heterocycles. The highest BCUT2D eigenvalue weighted by molar-refractivity contribution is 7.09. The van der Waals surface area contributed by atoms with Gasteiger partial charge in [0.25, 0.3) is 0 Å². The normalized spacial score (nSPS) is 18.0. The Morgan fingerprint density at radius 1 is 1.32 bits per heavy atom. The molecular weight excluding hydrogens is 541 g/mol. The van der Waals surface area contributed by atoms with E-state index >= 15 is 0 Å². The van der Waals surface area contributed by atoms with Crippen LogP contribution in [0.1, 0.15) is 37.1 Å². The van der Waals surface area contributed by atoms with Crippen LogP contribution in [0.4, 0.5) is 10.1 Å². The fourth-order valence-corrected chi connectivity index (χ4v) is 5.59. The van der Waals surface area contributed by atoms with Gasteiger partial charge in [-0.2, -0.15) is 0 Å². The molecule has 1 aromatic carbocycles. The first-order valence-corrected chi connectivity index (χ1v) is 14.8. The highest BCUT2D eigenvalue weighted by Crippen LogP contribution is 2.21. The largest absolute Gasteiger partial charge is 0.346 e. The number of carbonyl (C=O) groups is 1. The Bertz CT molecular complexity index is 1310. The van der Waals surface area contributed by atoms with Gasteiger partial charge in [0, 0.05) is 43.7 Å². The number of hydrogen-bond acceptors (Lipinski definition) is 10. The second-order valence-corrected chi connectivity index (χ2v) is 11.3. The lowest BCUT2D eigenvalue weighted by atomic mass is 10.1. The zero-order chi connectivity index (χ0) is 29.4. The number of nitrogens with one attached hydrogen (secondary N) is 2. The van der Waals surface area contributed by atoms with Crippen LogP contribution in [0, 0.1) is 11.2 Å². The third-order valence-corrected chi connectivity index (χ3v) is 8.11. The summed E-state index contributed by atoms with van der Waals surface area (Å²) in [5, 5.41) is 13.0. The van der Waals surface area contributed by atoms with Crippen molar-refractivity contribution in [1.29, 1.82) is 5.41 Å². The molecule has 0 bridgehead atoms. The summed E-state index contributed by atoms with van der Waals surface area (Å²) < 4.78 is 14.6. The van der Waals surface area contributed by atoms with E-state index in [2.05, 4.69) is 27.1 Å². The fraction of sp³-hybridized carbons (Fsp3) is 0.483. The molecule has 1 aromatic heterocycles. The highest BCUT2D eigenvalue weighted by Gasteiger charge is 2.32. The Morgan fingerprint density at radius 2 is 2.12 bits per heavy atom. The lowest BCUT2D eigenvalue weighted by Crippen LogP contribution is -2.50. The molecule has 1 amide bonds. The van der Waals surface area contributed by atoms with E-state index in [4.69, 9.17) is 10.4 Å². The Morgan fingerprint density at radius 3 is 2.85 bits per heavy atom. The molecule has 41 heavy (non-hydrogen) atoms. The molecule has 0 aliphatic carbocycles. The van der Waals surface area contributed by atoms with Crippen molar-refractivity contribution in [2.75, 3.05) is 53.5 Å². The molecule has 0 radical (unpaired) electrons. The molecule has 2 N–H and O–H groups in total. The molecule has 4 rings (SSSR count). The molecule has 0 fully saturated rings. The summed E-state index contributed by atoms with van der Waals surface area (Å²) in [6.45, 7) is 6.69. The van der Waals surface area contributed by atoms with E-state index in [0.717, 1.165) is 24.9 Å². The average Bonchev–Trinajstić information content (AvgIpc) is 3.59. The molecule has 10 nitrogen and oxygen atoms in total. The molecule has 2 aliphatic rings. The number of thiophene rings is 1. The van der Waals surface area contributed by atoms with Crippen molar-refractivity contribution in [2.45, 2.75) is 39.3 Å². The minimum atomic E-state index is -0.277. The van der Waals surface area contributed by atoms with Gasteiger partial charge in [0.2, 0.25) is 11.9 Å². The summed E-state index contributed by atoms with van der Waals surface area (Å²) >= 11 is 1.34. The van der Waals surface area contributed by atoms with E-state index < -0.39 is 0 Å². The van der Waals surface area contributed by atoms with Crippen LogP contribution < -0.4 is 5.32 Å². The maximum absolute atomic E-state index is 14.6. The first-order valence-electron chi connectivity index (χ1n) is 13.9. The maximum Gasteiger partial charge on any atom is 0.249 e. The average molecular weight is 582 g/mol. The fourth-order valence-electron chi connectivity index (χ4n) is 4.83. The number of para-hydroxylation sites is 1. The zero-order valence-corrected chi connectivity index (χ0v) is 25.1. The van der Waals surface area contributed by atoms with Crippen LogP contribution in [0.25, 0.3) is 0 Å². The predicted octanol–water partition coefficient (Wildman–Crippen LogP) is 3.63. The molecule has 1 atom stereocenters. The lowest BCUT2D eigenvalue weighted by Gasteiger charge is -2.32. The van der Waals surface area contributed by atoms with E-state index in [0.29, 0.717) is 54.0 Å². The van der Waals surface area contributed by atoms with E-state index in [1.54, 1.807) is 23.4 Å². The second kappa shape index (κ2) is 14.3. The quantitative estimate of drug-likeness (QED) is 0.395. The smallest absolute Gasteiger partial charge is 0.249 e. The first-order chi connectivity index (χ1) is 19.8. The van der Waals surface area contributed by atoms with Crippen LogP contribution in [0.2, 0.25) is 0 Å². The van der Waals surface area contributed by atoms with Crippen molar-refractivity contribution >= 4 is 46.8 Å². The van der Waals surface area contributed by atoms with Crippen LogP contribution >= 0.6 is 11.3 Å². The number of rotatable bonds is 11. The molecule has 1 unspecified atom stereocenters. The Kier molecular flexibility index (Phi) is 10.6.